The van der Waals surface area contributed by atoms with Crippen molar-refractivity contribution in [1.29, 1.82) is 0 Å². The molecule has 2 heterocycles. The fourth-order valence-corrected chi connectivity index (χ4v) is 13.8. The molecule has 9 N–H and O–H groups in total. The highest BCUT2D eigenvalue weighted by molar-refractivity contribution is 5.95. The van der Waals surface area contributed by atoms with E-state index in [4.69, 9.17) is 23.7 Å². The first-order valence-corrected chi connectivity index (χ1v) is 21.9. The molecule has 0 aromatic rings. The van der Waals surface area contributed by atoms with E-state index in [1.807, 2.05) is 13.8 Å². The van der Waals surface area contributed by atoms with Crippen LogP contribution >= 0.6 is 0 Å². The molecule has 21 atom stereocenters. The largest absolute Gasteiger partial charge is 0.481 e. The van der Waals surface area contributed by atoms with Gasteiger partial charge in [0.25, 0.3) is 0 Å². The quantitative estimate of drug-likeness (QED) is 0.114. The molecule has 19 nitrogen and oxygen atoms in total. The van der Waals surface area contributed by atoms with E-state index >= 15 is 4.79 Å². The Morgan fingerprint density at radius 3 is 1.89 bits per heavy atom. The molecule has 6 fully saturated rings. The molecule has 2 saturated heterocycles. The van der Waals surface area contributed by atoms with Crippen LogP contribution < -0.4 is 0 Å². The maximum atomic E-state index is 15.0. The summed E-state index contributed by atoms with van der Waals surface area (Å²) in [6, 6.07) is 0. The molecule has 19 heteroatoms. The van der Waals surface area contributed by atoms with Crippen LogP contribution in [0.3, 0.4) is 0 Å². The molecule has 0 bridgehead atoms. The Bertz CT molecular complexity index is 1910. The first kappa shape index (κ1) is 47.8. The van der Waals surface area contributed by atoms with E-state index in [0.29, 0.717) is 32.1 Å². The van der Waals surface area contributed by atoms with Crippen molar-refractivity contribution in [3.63, 3.8) is 0 Å². The predicted molar refractivity (Wildman–Crippen MR) is 212 cm³/mol. The third kappa shape index (κ3) is 7.10. The number of ketones is 1. The van der Waals surface area contributed by atoms with E-state index in [1.54, 1.807) is 19.9 Å². The maximum Gasteiger partial charge on any atom is 0.335 e. The van der Waals surface area contributed by atoms with Crippen LogP contribution in [0.1, 0.15) is 99.8 Å². The van der Waals surface area contributed by atoms with E-state index in [0.717, 1.165) is 5.57 Å². The molecule has 7 rings (SSSR count). The number of hydrogen-bond acceptors (Lipinski definition) is 16. The molecular formula is C44H64O19. The van der Waals surface area contributed by atoms with Gasteiger partial charge >= 0.3 is 23.9 Å². The van der Waals surface area contributed by atoms with Gasteiger partial charge in [-0.1, -0.05) is 40.2 Å². The molecule has 63 heavy (non-hydrogen) atoms. The fourth-order valence-electron chi connectivity index (χ4n) is 13.8. The van der Waals surface area contributed by atoms with Crippen molar-refractivity contribution in [2.45, 2.75) is 173 Å². The summed E-state index contributed by atoms with van der Waals surface area (Å²) in [6.07, 6.45) is -17.0. The van der Waals surface area contributed by atoms with E-state index in [9.17, 15) is 65.1 Å². The van der Waals surface area contributed by atoms with Gasteiger partial charge in [-0.25, -0.2) is 9.59 Å². The number of aliphatic hydroxyl groups excluding tert-OH is 6. The Morgan fingerprint density at radius 2 is 1.32 bits per heavy atom. The summed E-state index contributed by atoms with van der Waals surface area (Å²) in [4.78, 5) is 64.3. The number of carboxylic acid groups (broad SMARTS) is 3. The summed E-state index contributed by atoms with van der Waals surface area (Å²) in [5.41, 5.74) is -4.05. The van der Waals surface area contributed by atoms with Crippen molar-refractivity contribution in [1.82, 2.24) is 0 Å². The van der Waals surface area contributed by atoms with Crippen LogP contribution in [0, 0.1) is 50.2 Å². The smallest absolute Gasteiger partial charge is 0.335 e. The van der Waals surface area contributed by atoms with Gasteiger partial charge in [0, 0.05) is 30.1 Å². The molecule has 0 radical (unpaired) electrons. The molecule has 0 aromatic heterocycles. The van der Waals surface area contributed by atoms with E-state index < -0.39 is 148 Å². The number of carbonyl (C=O) groups excluding carboxylic acids is 2. The van der Waals surface area contributed by atoms with Crippen molar-refractivity contribution in [2.75, 3.05) is 6.61 Å². The third-order valence-corrected chi connectivity index (χ3v) is 17.7. The number of ether oxygens (including phenoxy) is 5. The number of hydrogen-bond donors (Lipinski definition) is 9. The molecule has 4 saturated carbocycles. The summed E-state index contributed by atoms with van der Waals surface area (Å²) in [5, 5.41) is 94.8. The van der Waals surface area contributed by atoms with Crippen molar-refractivity contribution in [2.24, 2.45) is 50.2 Å². The van der Waals surface area contributed by atoms with Crippen LogP contribution in [0.25, 0.3) is 0 Å². The monoisotopic (exact) mass is 896 g/mol. The van der Waals surface area contributed by atoms with Gasteiger partial charge in [0.1, 0.15) is 42.7 Å². The van der Waals surface area contributed by atoms with E-state index in [1.165, 1.54) is 6.92 Å². The number of carboxylic acids is 3. The third-order valence-electron chi connectivity index (χ3n) is 17.7. The summed E-state index contributed by atoms with van der Waals surface area (Å²) in [6.45, 7) is 12.7. The zero-order chi connectivity index (χ0) is 46.7. The van der Waals surface area contributed by atoms with Gasteiger partial charge in [-0.2, -0.15) is 0 Å². The average Bonchev–Trinajstić information content (AvgIpc) is 3.19. The second kappa shape index (κ2) is 16.0. The van der Waals surface area contributed by atoms with Crippen molar-refractivity contribution < 1.29 is 93.6 Å². The highest BCUT2D eigenvalue weighted by atomic mass is 16.8. The van der Waals surface area contributed by atoms with Gasteiger partial charge in [-0.05, 0) is 86.0 Å². The predicted octanol–water partition coefficient (Wildman–Crippen LogP) is 0.760. The van der Waals surface area contributed by atoms with Gasteiger partial charge in [-0.15, -0.1) is 0 Å². The second-order valence-corrected chi connectivity index (χ2v) is 21.1. The Kier molecular flexibility index (Phi) is 12.2. The summed E-state index contributed by atoms with van der Waals surface area (Å²) in [5.74, 6) is -6.31. The molecule has 0 aromatic carbocycles. The summed E-state index contributed by atoms with van der Waals surface area (Å²) < 4.78 is 29.1. The number of aliphatic carboxylic acids is 3. The minimum Gasteiger partial charge on any atom is -0.481 e. The summed E-state index contributed by atoms with van der Waals surface area (Å²) >= 11 is 0. The molecule has 0 spiro atoms. The summed E-state index contributed by atoms with van der Waals surface area (Å²) in [7, 11) is 0. The zero-order valence-electron chi connectivity index (χ0n) is 36.7. The van der Waals surface area contributed by atoms with Crippen LogP contribution in [0.2, 0.25) is 0 Å². The molecule has 2 aliphatic heterocycles. The lowest BCUT2D eigenvalue weighted by Crippen LogP contribution is -2.69. The van der Waals surface area contributed by atoms with E-state index in [-0.39, 0.29) is 31.0 Å². The lowest BCUT2D eigenvalue weighted by atomic mass is 9.33. The van der Waals surface area contributed by atoms with Crippen LogP contribution in [-0.4, -0.2) is 156 Å². The van der Waals surface area contributed by atoms with Crippen molar-refractivity contribution in [3.05, 3.63) is 11.6 Å². The lowest BCUT2D eigenvalue weighted by molar-refractivity contribution is -0.372. The molecule has 2 unspecified atom stereocenters. The molecule has 7 aliphatic rings. The Balaban J connectivity index is 1.21. The standard InChI is InChI=1S/C44H64O19/c1-18(46)59-24-16-39(2,38(57)58)15-20-19-14-21(47)33-41(4)10-9-23(42(5,17-45)22(41)8-11-44(33,7)43(19,6)13-12-40(20,24)3)60-37-32(28(51)27(50)31(62-37)35(55)56)63-36-29(52)25(48)26(49)30(61-36)34(53)54/h14,20,22-33,36-37,45,48-52H,8-13,15-17H2,1-7H3,(H,53,54)(H,55,56)(H,57,58)/t20-,22?,23-,24+,25-,26+,27-,28-,29+,30-,31-,32+,33?,36-,37+,39+,40+,41-,42+,43+,44+/m0/s1. The number of allylic oxidation sites excluding steroid dienone is 2. The Labute approximate surface area is 364 Å². The van der Waals surface area contributed by atoms with E-state index in [2.05, 4.69) is 13.8 Å². The first-order valence-electron chi connectivity index (χ1n) is 21.9. The number of aliphatic hydroxyl groups is 6. The minimum absolute atomic E-state index is 0.115. The van der Waals surface area contributed by atoms with Gasteiger partial charge in [0.05, 0.1) is 18.1 Å². The van der Waals surface area contributed by atoms with Crippen LogP contribution in [0.15, 0.2) is 11.6 Å². The van der Waals surface area contributed by atoms with Crippen molar-refractivity contribution >= 4 is 29.7 Å². The number of esters is 1. The van der Waals surface area contributed by atoms with Gasteiger partial charge in [0.15, 0.2) is 30.6 Å². The number of rotatable bonds is 9. The highest BCUT2D eigenvalue weighted by Gasteiger charge is 2.72. The van der Waals surface area contributed by atoms with Crippen LogP contribution in [-0.2, 0) is 47.7 Å². The molecule has 0 amide bonds. The van der Waals surface area contributed by atoms with Gasteiger partial charge in [0.2, 0.25) is 0 Å². The van der Waals surface area contributed by atoms with Crippen molar-refractivity contribution in [3.8, 4) is 0 Å². The number of carbonyl (C=O) groups is 5. The molecule has 5 aliphatic carbocycles. The average molecular weight is 897 g/mol. The Morgan fingerprint density at radius 1 is 0.714 bits per heavy atom. The maximum absolute atomic E-state index is 15.0. The zero-order valence-corrected chi connectivity index (χ0v) is 36.7. The van der Waals surface area contributed by atoms with Gasteiger partial charge in [-0.3, -0.25) is 14.4 Å². The molecular weight excluding hydrogens is 832 g/mol. The lowest BCUT2D eigenvalue weighted by Gasteiger charge is -2.71. The SMILES string of the molecule is CC(=O)O[C@@H]1C[C@](C)(C(=O)O)C[C@H]2C3=CC(=O)C4[C@@]5(C)CC[C@H](O[C@@H]6O[C@H](C(=O)O)[C@@H](O)[C@H](O)[C@H]6O[C@@H]6O[C@H](C(=O)O)[C@H](O)[C@H](O)[C@H]6O)[C@](C)(CO)C5CC[C@@]4(C)[C@]3(C)CC[C@@]12C. The van der Waals surface area contributed by atoms with Gasteiger partial charge < -0.3 is 69.6 Å². The number of fused-ring (bicyclic) bond motifs is 7. The highest BCUT2D eigenvalue weighted by Crippen LogP contribution is 2.75. The minimum atomic E-state index is -2.12. The first-order chi connectivity index (χ1) is 29.1. The Hall–Kier alpha value is -3.11. The fraction of sp³-hybridized carbons (Fsp3) is 0.841. The molecule has 354 valence electrons. The second-order valence-electron chi connectivity index (χ2n) is 21.1. The normalized spacial score (nSPS) is 51.9. The topological polar surface area (TPSA) is 314 Å². The van der Waals surface area contributed by atoms with Crippen LogP contribution in [0.4, 0.5) is 0 Å². The van der Waals surface area contributed by atoms with Crippen LogP contribution in [0.5, 0.6) is 0 Å².